The van der Waals surface area contributed by atoms with Crippen LogP contribution in [0.4, 0.5) is 0 Å². The van der Waals surface area contributed by atoms with Gasteiger partial charge in [-0.05, 0) is 29.3 Å². The topological polar surface area (TPSA) is 65.5 Å². The average molecular weight is 344 g/mol. The van der Waals surface area contributed by atoms with E-state index >= 15 is 0 Å². The third-order valence-corrected chi connectivity index (χ3v) is 5.01. The first-order valence-electron chi connectivity index (χ1n) is 7.95. The molecule has 4 rings (SSSR count). The third kappa shape index (κ3) is 3.14. The number of thiazole rings is 1. The van der Waals surface area contributed by atoms with E-state index in [0.717, 1.165) is 26.9 Å². The Kier molecular flexibility index (Phi) is 3.99. The lowest BCUT2D eigenvalue weighted by Crippen LogP contribution is -2.22. The van der Waals surface area contributed by atoms with Gasteiger partial charge in [-0.1, -0.05) is 53.8 Å². The maximum atomic E-state index is 8.43. The fourth-order valence-electron chi connectivity index (χ4n) is 2.81. The van der Waals surface area contributed by atoms with Crippen molar-refractivity contribution in [2.24, 2.45) is 0 Å². The predicted octanol–water partition coefficient (Wildman–Crippen LogP) is 4.31. The summed E-state index contributed by atoms with van der Waals surface area (Å²) < 4.78 is 1.65. The summed E-state index contributed by atoms with van der Waals surface area (Å²) in [5.74, 6) is 0.395. The Labute approximate surface area is 149 Å². The summed E-state index contributed by atoms with van der Waals surface area (Å²) in [4.78, 5) is 5.69. The van der Waals surface area contributed by atoms with Gasteiger partial charge in [-0.3, -0.25) is 20.4 Å². The first-order valence-corrected chi connectivity index (χ1v) is 8.76. The molecule has 5 heteroatoms. The molecule has 0 aliphatic carbocycles. The van der Waals surface area contributed by atoms with Crippen LogP contribution in [0.3, 0.4) is 0 Å². The Morgan fingerprint density at radius 1 is 1.04 bits per heavy atom. The first kappa shape index (κ1) is 15.5. The molecule has 122 valence electrons. The molecule has 0 bridgehead atoms. The maximum absolute atomic E-state index is 8.43. The lowest BCUT2D eigenvalue weighted by atomic mass is 10.1. The zero-order chi connectivity index (χ0) is 17.2. The average Bonchev–Trinajstić information content (AvgIpc) is 3.04. The van der Waals surface area contributed by atoms with Gasteiger partial charge < -0.3 is 0 Å². The van der Waals surface area contributed by atoms with Crippen molar-refractivity contribution in [3.05, 3.63) is 83.4 Å². The van der Waals surface area contributed by atoms with Crippen LogP contribution in [0.25, 0.3) is 21.3 Å². The number of benzene rings is 2. The molecule has 4 aromatic rings. The van der Waals surface area contributed by atoms with Crippen molar-refractivity contribution in [2.45, 2.75) is 6.42 Å². The third-order valence-electron chi connectivity index (χ3n) is 4.06. The van der Waals surface area contributed by atoms with Crippen LogP contribution in [-0.2, 0) is 6.42 Å². The van der Waals surface area contributed by atoms with Gasteiger partial charge in [-0.15, -0.1) is 0 Å². The van der Waals surface area contributed by atoms with Gasteiger partial charge in [0.1, 0.15) is 5.84 Å². The monoisotopic (exact) mass is 344 g/mol. The van der Waals surface area contributed by atoms with Crippen molar-refractivity contribution in [1.29, 1.82) is 10.8 Å². The van der Waals surface area contributed by atoms with Crippen LogP contribution in [0.2, 0.25) is 0 Å². The van der Waals surface area contributed by atoms with Gasteiger partial charge in [-0.2, -0.15) is 0 Å². The number of rotatable bonds is 3. The molecule has 4 nitrogen and oxygen atoms in total. The Morgan fingerprint density at radius 3 is 2.72 bits per heavy atom. The molecule has 0 saturated heterocycles. The van der Waals surface area contributed by atoms with Gasteiger partial charge in [0.25, 0.3) is 0 Å². The highest BCUT2D eigenvalue weighted by atomic mass is 32.1. The molecule has 0 amide bonds. The number of hydrogen-bond donors (Lipinski definition) is 2. The van der Waals surface area contributed by atoms with E-state index in [1.165, 1.54) is 11.3 Å². The second kappa shape index (κ2) is 6.45. The summed E-state index contributed by atoms with van der Waals surface area (Å²) in [5.41, 5.74) is 3.07. The molecule has 0 spiro atoms. The van der Waals surface area contributed by atoms with Crippen LogP contribution in [0.1, 0.15) is 5.56 Å². The summed E-state index contributed by atoms with van der Waals surface area (Å²) >= 11 is 1.39. The lowest BCUT2D eigenvalue weighted by Gasteiger charge is -2.06. The second-order valence-electron chi connectivity index (χ2n) is 5.79. The van der Waals surface area contributed by atoms with Crippen LogP contribution in [-0.4, -0.2) is 15.4 Å². The molecule has 0 radical (unpaired) electrons. The van der Waals surface area contributed by atoms with Gasteiger partial charge in [0.15, 0.2) is 4.80 Å². The Morgan fingerprint density at radius 2 is 1.88 bits per heavy atom. The van der Waals surface area contributed by atoms with Crippen LogP contribution in [0.5, 0.6) is 0 Å². The van der Waals surface area contributed by atoms with Crippen LogP contribution < -0.4 is 4.80 Å². The van der Waals surface area contributed by atoms with E-state index in [0.29, 0.717) is 17.1 Å². The number of pyridine rings is 1. The minimum Gasteiger partial charge on any atom is -0.288 e. The summed E-state index contributed by atoms with van der Waals surface area (Å²) in [6, 6.07) is 20.0. The van der Waals surface area contributed by atoms with E-state index in [2.05, 4.69) is 11.1 Å². The van der Waals surface area contributed by atoms with Gasteiger partial charge >= 0.3 is 0 Å². The van der Waals surface area contributed by atoms with Crippen molar-refractivity contribution >= 4 is 28.1 Å². The van der Waals surface area contributed by atoms with Crippen molar-refractivity contribution < 1.29 is 0 Å². The highest BCUT2D eigenvalue weighted by molar-refractivity contribution is 7.12. The lowest BCUT2D eigenvalue weighted by molar-refractivity contribution is 0.988. The number of nitrogens with zero attached hydrogens (tertiary/aromatic N) is 2. The molecular formula is C20H16N4S. The summed E-state index contributed by atoms with van der Waals surface area (Å²) in [6.07, 6.45) is 4.14. The summed E-state index contributed by atoms with van der Waals surface area (Å²) in [5, 5.41) is 17.7. The van der Waals surface area contributed by atoms with Crippen molar-refractivity contribution in [2.75, 3.05) is 0 Å². The van der Waals surface area contributed by atoms with Gasteiger partial charge in [-0.25, -0.2) is 0 Å². The minimum atomic E-state index is 0.367. The quantitative estimate of drug-likeness (QED) is 0.422. The number of hydrogen-bond acceptors (Lipinski definition) is 4. The molecule has 2 N–H and O–H groups in total. The molecule has 0 saturated carbocycles. The number of aromatic nitrogens is 2. The summed E-state index contributed by atoms with van der Waals surface area (Å²) in [6.45, 7) is 0. The summed E-state index contributed by atoms with van der Waals surface area (Å²) in [7, 11) is 0. The normalized spacial score (nSPS) is 10.9. The van der Waals surface area contributed by atoms with E-state index in [1.807, 2.05) is 60.8 Å². The van der Waals surface area contributed by atoms with Crippen molar-refractivity contribution in [3.8, 4) is 10.4 Å². The van der Waals surface area contributed by atoms with E-state index in [-0.39, 0.29) is 0 Å². The molecule has 0 unspecified atom stereocenters. The van der Waals surface area contributed by atoms with Crippen LogP contribution in [0.15, 0.2) is 73.1 Å². The fourth-order valence-corrected chi connectivity index (χ4v) is 3.69. The predicted molar refractivity (Wildman–Crippen MR) is 102 cm³/mol. The Bertz CT molecular complexity index is 1110. The largest absolute Gasteiger partial charge is 0.288 e. The Hall–Kier alpha value is -3.05. The zero-order valence-electron chi connectivity index (χ0n) is 13.4. The molecule has 0 atom stereocenters. The molecule has 0 aliphatic rings. The van der Waals surface area contributed by atoms with E-state index in [1.54, 1.807) is 10.8 Å². The molecule has 25 heavy (non-hydrogen) atoms. The molecule has 2 aromatic heterocycles. The minimum absolute atomic E-state index is 0.367. The van der Waals surface area contributed by atoms with Gasteiger partial charge in [0.05, 0.1) is 10.4 Å². The zero-order valence-corrected chi connectivity index (χ0v) is 14.3. The van der Waals surface area contributed by atoms with Crippen LogP contribution in [0, 0.1) is 10.8 Å². The fraction of sp³-hybridized carbons (Fsp3) is 0.0500. The second-order valence-corrected chi connectivity index (χ2v) is 6.82. The van der Waals surface area contributed by atoms with E-state index in [4.69, 9.17) is 10.8 Å². The van der Waals surface area contributed by atoms with E-state index in [9.17, 15) is 0 Å². The highest BCUT2D eigenvalue weighted by Crippen LogP contribution is 2.21. The van der Waals surface area contributed by atoms with Crippen molar-refractivity contribution in [1.82, 2.24) is 9.55 Å². The molecule has 2 aromatic carbocycles. The molecular weight excluding hydrogens is 328 g/mol. The SMILES string of the molecule is N=C(Cc1ccc2ncccc2c1)n1cc(-c2ccccc2)sc1=N. The maximum Gasteiger partial charge on any atom is 0.188 e. The molecule has 0 aliphatic heterocycles. The van der Waals surface area contributed by atoms with Gasteiger partial charge in [0.2, 0.25) is 0 Å². The Balaban J connectivity index is 1.62. The highest BCUT2D eigenvalue weighted by Gasteiger charge is 2.09. The van der Waals surface area contributed by atoms with Crippen LogP contribution >= 0.6 is 11.3 Å². The molecule has 2 heterocycles. The van der Waals surface area contributed by atoms with E-state index < -0.39 is 0 Å². The number of nitrogens with one attached hydrogen (secondary N) is 2. The first-order chi connectivity index (χ1) is 12.2. The number of fused-ring (bicyclic) bond motifs is 1. The van der Waals surface area contributed by atoms with Crippen molar-refractivity contribution in [3.63, 3.8) is 0 Å². The smallest absolute Gasteiger partial charge is 0.188 e. The van der Waals surface area contributed by atoms with Gasteiger partial charge in [0, 0.05) is 24.2 Å². The standard InChI is InChI=1S/C20H16N4S/c21-19(12-14-8-9-17-16(11-14)7-4-10-23-17)24-13-18(25-20(24)22)15-5-2-1-3-6-15/h1-11,13,21-22H,12H2. The molecule has 0 fully saturated rings.